The molecule has 2 aromatic rings. The number of benzene rings is 1. The lowest BCUT2D eigenvalue weighted by molar-refractivity contribution is -0.138. The van der Waals surface area contributed by atoms with Crippen molar-refractivity contribution in [1.29, 1.82) is 0 Å². The highest BCUT2D eigenvalue weighted by molar-refractivity contribution is 5.80. The monoisotopic (exact) mass is 336 g/mol. The van der Waals surface area contributed by atoms with E-state index < -0.39 is 0 Å². The molecule has 0 N–H and O–H groups in total. The molecule has 1 aromatic heterocycles. The van der Waals surface area contributed by atoms with Crippen molar-refractivity contribution in [3.8, 4) is 11.4 Å². The second-order valence-electron chi connectivity index (χ2n) is 7.73. The minimum Gasteiger partial charge on any atom is -0.334 e. The van der Waals surface area contributed by atoms with Crippen LogP contribution in [0.5, 0.6) is 0 Å². The van der Waals surface area contributed by atoms with Crippen molar-refractivity contribution >= 4 is 5.91 Å². The molecule has 0 spiro atoms. The topological polar surface area (TPSA) is 51.0 Å². The lowest BCUT2D eigenvalue weighted by atomic mass is 10.0. The van der Waals surface area contributed by atoms with Crippen LogP contribution in [-0.4, -0.2) is 37.7 Å². The van der Waals surface area contributed by atoms with Crippen molar-refractivity contribution in [3.63, 3.8) is 0 Å². The van der Waals surface area contributed by atoms with Gasteiger partial charge in [0.2, 0.25) is 5.91 Å². The predicted octanol–water partition coefficient (Wildman–Crippen LogP) is 3.05. The largest absolute Gasteiger partial charge is 0.334 e. The van der Waals surface area contributed by atoms with Crippen LogP contribution in [0.3, 0.4) is 0 Å². The zero-order valence-corrected chi connectivity index (χ0v) is 14.5. The minimum atomic E-state index is 0.264. The fourth-order valence-corrected chi connectivity index (χ4v) is 4.98. The molecule has 3 aliphatic rings. The number of fused-ring (bicyclic) bond motifs is 3. The summed E-state index contributed by atoms with van der Waals surface area (Å²) in [6, 6.07) is 10.9. The molecule has 1 saturated carbocycles. The Morgan fingerprint density at radius 2 is 1.72 bits per heavy atom. The highest BCUT2D eigenvalue weighted by Gasteiger charge is 2.43. The van der Waals surface area contributed by atoms with Crippen LogP contribution in [0.4, 0.5) is 0 Å². The summed E-state index contributed by atoms with van der Waals surface area (Å²) in [7, 11) is 0. The third kappa shape index (κ3) is 2.48. The van der Waals surface area contributed by atoms with Crippen LogP contribution >= 0.6 is 0 Å². The number of hydrogen-bond acceptors (Lipinski definition) is 3. The third-order valence-electron chi connectivity index (χ3n) is 6.25. The van der Waals surface area contributed by atoms with Crippen molar-refractivity contribution in [3.05, 3.63) is 36.2 Å². The van der Waals surface area contributed by atoms with Crippen molar-refractivity contribution in [1.82, 2.24) is 19.7 Å². The smallest absolute Gasteiger partial charge is 0.226 e. The normalized spacial score (nSPS) is 25.8. The number of hydrogen-bond donors (Lipinski definition) is 0. The molecule has 5 heteroatoms. The quantitative estimate of drug-likeness (QED) is 0.847. The van der Waals surface area contributed by atoms with E-state index in [1.54, 1.807) is 0 Å². The van der Waals surface area contributed by atoms with E-state index in [0.29, 0.717) is 18.0 Å². The van der Waals surface area contributed by atoms with Gasteiger partial charge in [-0.25, -0.2) is 0 Å². The first-order valence-electron chi connectivity index (χ1n) is 9.61. The molecular weight excluding hydrogens is 312 g/mol. The molecule has 5 nitrogen and oxygen atoms in total. The van der Waals surface area contributed by atoms with Gasteiger partial charge in [0, 0.05) is 30.5 Å². The second-order valence-corrected chi connectivity index (χ2v) is 7.73. The van der Waals surface area contributed by atoms with E-state index in [-0.39, 0.29) is 5.92 Å². The van der Waals surface area contributed by atoms with Crippen LogP contribution in [-0.2, 0) is 17.8 Å². The van der Waals surface area contributed by atoms with E-state index in [9.17, 15) is 4.79 Å². The van der Waals surface area contributed by atoms with Crippen LogP contribution in [0.25, 0.3) is 11.4 Å². The molecule has 2 fully saturated rings. The van der Waals surface area contributed by atoms with Gasteiger partial charge in [0.1, 0.15) is 5.82 Å². The lowest BCUT2D eigenvalue weighted by Gasteiger charge is -2.30. The Morgan fingerprint density at radius 1 is 0.960 bits per heavy atom. The van der Waals surface area contributed by atoms with Crippen molar-refractivity contribution in [2.45, 2.75) is 63.6 Å². The molecule has 130 valence electrons. The Balaban J connectivity index is 1.47. The summed E-state index contributed by atoms with van der Waals surface area (Å²) in [6.07, 6.45) is 7.64. The fraction of sp³-hybridized carbons (Fsp3) is 0.550. The average Bonchev–Trinajstić information content (AvgIpc) is 3.35. The Hall–Kier alpha value is -2.17. The molecule has 1 amide bonds. The molecule has 0 unspecified atom stereocenters. The van der Waals surface area contributed by atoms with Gasteiger partial charge in [-0.3, -0.25) is 4.79 Å². The van der Waals surface area contributed by atoms with Crippen LogP contribution in [0.2, 0.25) is 0 Å². The molecule has 1 aromatic carbocycles. The Bertz CT molecular complexity index is 778. The number of nitrogens with zero attached hydrogens (tertiary/aromatic N) is 4. The van der Waals surface area contributed by atoms with Crippen molar-refractivity contribution in [2.75, 3.05) is 0 Å². The molecule has 25 heavy (non-hydrogen) atoms. The summed E-state index contributed by atoms with van der Waals surface area (Å²) in [6.45, 7) is 0.835. The van der Waals surface area contributed by atoms with Crippen LogP contribution in [0.15, 0.2) is 30.3 Å². The van der Waals surface area contributed by atoms with Crippen LogP contribution in [0.1, 0.15) is 44.3 Å². The van der Waals surface area contributed by atoms with Crippen molar-refractivity contribution < 1.29 is 4.79 Å². The molecule has 5 rings (SSSR count). The molecule has 2 bridgehead atoms. The second kappa shape index (κ2) is 5.97. The molecule has 1 aliphatic carbocycles. The molecule has 1 saturated heterocycles. The van der Waals surface area contributed by atoms with E-state index in [2.05, 4.69) is 31.8 Å². The summed E-state index contributed by atoms with van der Waals surface area (Å²) in [5, 5.41) is 8.94. The molecule has 2 aliphatic heterocycles. The fourth-order valence-electron chi connectivity index (χ4n) is 4.98. The average molecular weight is 336 g/mol. The van der Waals surface area contributed by atoms with Gasteiger partial charge in [-0.1, -0.05) is 43.2 Å². The molecule has 2 atom stereocenters. The van der Waals surface area contributed by atoms with E-state index in [1.165, 1.54) is 12.8 Å². The standard InChI is InChI=1S/C20H24N4O/c25-20(15-8-4-5-9-15)24-16-10-11-17(24)13-23-18(12-16)21-22-19(23)14-6-2-1-3-7-14/h1-3,6-7,15-17H,4-5,8-13H2/t16-,17+/m0/s1. The predicted molar refractivity (Wildman–Crippen MR) is 94.8 cm³/mol. The van der Waals surface area contributed by atoms with Gasteiger partial charge in [0.15, 0.2) is 5.82 Å². The van der Waals surface area contributed by atoms with E-state index in [0.717, 1.165) is 55.9 Å². The Labute approximate surface area is 148 Å². The lowest BCUT2D eigenvalue weighted by Crippen LogP contribution is -2.44. The van der Waals surface area contributed by atoms with Gasteiger partial charge in [0.05, 0.1) is 6.04 Å². The zero-order chi connectivity index (χ0) is 16.8. The van der Waals surface area contributed by atoms with E-state index in [4.69, 9.17) is 0 Å². The van der Waals surface area contributed by atoms with Gasteiger partial charge in [-0.2, -0.15) is 0 Å². The maximum Gasteiger partial charge on any atom is 0.226 e. The Kier molecular flexibility index (Phi) is 3.61. The first-order valence-corrected chi connectivity index (χ1v) is 9.61. The number of aromatic nitrogens is 3. The number of rotatable bonds is 2. The molecular formula is C20H24N4O. The maximum atomic E-state index is 13.1. The maximum absolute atomic E-state index is 13.1. The van der Waals surface area contributed by atoms with Gasteiger partial charge in [-0.15, -0.1) is 10.2 Å². The van der Waals surface area contributed by atoms with Crippen LogP contribution in [0, 0.1) is 5.92 Å². The Morgan fingerprint density at radius 3 is 2.52 bits per heavy atom. The van der Waals surface area contributed by atoms with Gasteiger partial charge >= 0.3 is 0 Å². The number of carbonyl (C=O) groups excluding carboxylic acids is 1. The number of amides is 1. The van der Waals surface area contributed by atoms with Crippen LogP contribution < -0.4 is 0 Å². The van der Waals surface area contributed by atoms with Gasteiger partial charge < -0.3 is 9.47 Å². The van der Waals surface area contributed by atoms with E-state index >= 15 is 0 Å². The summed E-state index contributed by atoms with van der Waals surface area (Å²) in [4.78, 5) is 15.4. The van der Waals surface area contributed by atoms with Gasteiger partial charge in [0.25, 0.3) is 0 Å². The SMILES string of the molecule is O=C(C1CCCC1)N1[C@@H]2CC[C@H]1Cc1nnc(-c3ccccc3)n1C2. The molecule has 3 heterocycles. The van der Waals surface area contributed by atoms with E-state index in [1.807, 2.05) is 18.2 Å². The highest BCUT2D eigenvalue weighted by Crippen LogP contribution is 2.36. The highest BCUT2D eigenvalue weighted by atomic mass is 16.2. The third-order valence-corrected chi connectivity index (χ3v) is 6.25. The van der Waals surface area contributed by atoms with Gasteiger partial charge in [-0.05, 0) is 25.7 Å². The summed E-state index contributed by atoms with van der Waals surface area (Å²) < 4.78 is 2.26. The minimum absolute atomic E-state index is 0.264. The molecule has 0 radical (unpaired) electrons. The first-order chi connectivity index (χ1) is 12.3. The van der Waals surface area contributed by atoms with Crippen molar-refractivity contribution in [2.24, 2.45) is 5.92 Å². The first kappa shape index (κ1) is 15.1. The number of carbonyl (C=O) groups is 1. The summed E-state index contributed by atoms with van der Waals surface area (Å²) >= 11 is 0. The zero-order valence-electron chi connectivity index (χ0n) is 14.5. The summed E-state index contributed by atoms with van der Waals surface area (Å²) in [5.41, 5.74) is 1.10. The summed E-state index contributed by atoms with van der Waals surface area (Å²) in [5.74, 6) is 2.65.